The van der Waals surface area contributed by atoms with Crippen molar-refractivity contribution in [2.24, 2.45) is 0 Å². The number of amides is 2. The van der Waals surface area contributed by atoms with Gasteiger partial charge in [-0.3, -0.25) is 9.59 Å². The largest absolute Gasteiger partial charge is 0.479 e. The number of aliphatic carboxylic acids is 1. The normalized spacial score (nSPS) is 16.5. The SMILES string of the molecule is Cc1ccc2c(c1)C(=O)N(C(C(=O)O)c1ccccc1)C(c1ccc3ccccc3c1)C(=O)N2. The number of anilines is 1. The molecule has 6 nitrogen and oxygen atoms in total. The predicted molar refractivity (Wildman–Crippen MR) is 129 cm³/mol. The smallest absolute Gasteiger partial charge is 0.331 e. The van der Waals surface area contributed by atoms with Gasteiger partial charge in [-0.15, -0.1) is 0 Å². The average molecular weight is 450 g/mol. The Bertz CT molecular complexity index is 1430. The summed E-state index contributed by atoms with van der Waals surface area (Å²) in [6, 6.07) is 24.4. The van der Waals surface area contributed by atoms with Crippen LogP contribution in [0.4, 0.5) is 5.69 Å². The Hall–Kier alpha value is -4.45. The first-order valence-electron chi connectivity index (χ1n) is 10.9. The molecule has 1 aliphatic rings. The van der Waals surface area contributed by atoms with Crippen molar-refractivity contribution in [2.45, 2.75) is 19.0 Å². The minimum Gasteiger partial charge on any atom is -0.479 e. The molecule has 0 radical (unpaired) electrons. The number of carboxylic acids is 1. The van der Waals surface area contributed by atoms with Crippen LogP contribution in [-0.4, -0.2) is 27.8 Å². The van der Waals surface area contributed by atoms with Gasteiger partial charge in [0.25, 0.3) is 11.8 Å². The number of carbonyl (C=O) groups is 3. The highest BCUT2D eigenvalue weighted by atomic mass is 16.4. The Balaban J connectivity index is 1.75. The van der Waals surface area contributed by atoms with E-state index in [1.54, 1.807) is 54.6 Å². The maximum atomic E-state index is 14.0. The molecule has 5 rings (SSSR count). The topological polar surface area (TPSA) is 86.7 Å². The summed E-state index contributed by atoms with van der Waals surface area (Å²) in [6.45, 7) is 1.84. The second-order valence-electron chi connectivity index (χ2n) is 8.41. The number of fused-ring (bicyclic) bond motifs is 2. The van der Waals surface area contributed by atoms with Crippen LogP contribution < -0.4 is 5.32 Å². The van der Waals surface area contributed by atoms with E-state index < -0.39 is 29.9 Å². The molecule has 34 heavy (non-hydrogen) atoms. The Labute approximate surface area is 196 Å². The van der Waals surface area contributed by atoms with E-state index in [9.17, 15) is 19.5 Å². The minimum absolute atomic E-state index is 0.263. The van der Waals surface area contributed by atoms with Crippen molar-refractivity contribution in [1.29, 1.82) is 0 Å². The standard InChI is InChI=1S/C28H22N2O4/c1-17-11-14-23-22(15-17)27(32)30(25(28(33)34)19-8-3-2-4-9-19)24(26(31)29-23)21-13-12-18-7-5-6-10-20(18)16-21/h2-16,24-25H,1H3,(H,29,31)(H,33,34). The molecule has 168 valence electrons. The lowest BCUT2D eigenvalue weighted by Crippen LogP contribution is -2.44. The molecular formula is C28H22N2O4. The van der Waals surface area contributed by atoms with Crippen molar-refractivity contribution in [3.8, 4) is 0 Å². The summed E-state index contributed by atoms with van der Waals surface area (Å²) in [6.07, 6.45) is 0. The molecule has 0 saturated heterocycles. The fourth-order valence-corrected chi connectivity index (χ4v) is 4.54. The molecule has 0 aromatic heterocycles. The van der Waals surface area contributed by atoms with Gasteiger partial charge in [0.05, 0.1) is 11.3 Å². The number of hydrogen-bond acceptors (Lipinski definition) is 3. The van der Waals surface area contributed by atoms with Gasteiger partial charge in [-0.25, -0.2) is 4.79 Å². The second kappa shape index (κ2) is 8.48. The van der Waals surface area contributed by atoms with Crippen LogP contribution in [0.5, 0.6) is 0 Å². The molecule has 2 N–H and O–H groups in total. The molecule has 1 aliphatic heterocycles. The number of nitrogens with one attached hydrogen (secondary N) is 1. The third kappa shape index (κ3) is 3.69. The number of benzene rings is 4. The zero-order valence-corrected chi connectivity index (χ0v) is 18.4. The molecule has 0 fully saturated rings. The fourth-order valence-electron chi connectivity index (χ4n) is 4.54. The van der Waals surface area contributed by atoms with Gasteiger partial charge in [0.15, 0.2) is 6.04 Å². The van der Waals surface area contributed by atoms with Crippen molar-refractivity contribution < 1.29 is 19.5 Å². The first-order chi connectivity index (χ1) is 16.4. The first kappa shape index (κ1) is 21.4. The molecule has 6 heteroatoms. The lowest BCUT2D eigenvalue weighted by atomic mass is 9.96. The molecule has 2 atom stereocenters. The first-order valence-corrected chi connectivity index (χ1v) is 10.9. The Morgan fingerprint density at radius 1 is 0.882 bits per heavy atom. The number of rotatable bonds is 4. The lowest BCUT2D eigenvalue weighted by molar-refractivity contribution is -0.144. The van der Waals surface area contributed by atoms with E-state index in [0.717, 1.165) is 16.3 Å². The van der Waals surface area contributed by atoms with Crippen LogP contribution in [0.2, 0.25) is 0 Å². The number of hydrogen-bond donors (Lipinski definition) is 2. The van der Waals surface area contributed by atoms with Gasteiger partial charge < -0.3 is 15.3 Å². The number of nitrogens with zero attached hydrogens (tertiary/aromatic N) is 1. The number of aryl methyl sites for hydroxylation is 1. The van der Waals surface area contributed by atoms with Crippen molar-refractivity contribution in [3.63, 3.8) is 0 Å². The van der Waals surface area contributed by atoms with Crippen LogP contribution in [0.15, 0.2) is 91.0 Å². The quantitative estimate of drug-likeness (QED) is 0.452. The van der Waals surface area contributed by atoms with Crippen molar-refractivity contribution >= 4 is 34.2 Å². The molecule has 1 heterocycles. The van der Waals surface area contributed by atoms with Crippen LogP contribution in [0.3, 0.4) is 0 Å². The third-order valence-electron chi connectivity index (χ3n) is 6.14. The molecule has 0 bridgehead atoms. The molecule has 0 spiro atoms. The highest BCUT2D eigenvalue weighted by Gasteiger charge is 2.43. The van der Waals surface area contributed by atoms with Crippen LogP contribution in [0.1, 0.15) is 39.1 Å². The van der Waals surface area contributed by atoms with E-state index in [1.807, 2.05) is 43.3 Å². The summed E-state index contributed by atoms with van der Waals surface area (Å²) >= 11 is 0. The fraction of sp³-hybridized carbons (Fsp3) is 0.107. The highest BCUT2D eigenvalue weighted by Crippen LogP contribution is 2.38. The summed E-state index contributed by atoms with van der Waals surface area (Å²) in [5, 5.41) is 15.0. The molecule has 0 saturated carbocycles. The van der Waals surface area contributed by atoms with Crippen molar-refractivity contribution in [3.05, 3.63) is 113 Å². The van der Waals surface area contributed by atoms with E-state index in [0.29, 0.717) is 16.8 Å². The molecule has 4 aromatic carbocycles. The van der Waals surface area contributed by atoms with Gasteiger partial charge in [-0.05, 0) is 47.0 Å². The Morgan fingerprint density at radius 2 is 1.59 bits per heavy atom. The second-order valence-corrected chi connectivity index (χ2v) is 8.41. The van der Waals surface area contributed by atoms with Crippen LogP contribution >= 0.6 is 0 Å². The van der Waals surface area contributed by atoms with E-state index in [1.165, 1.54) is 4.90 Å². The van der Waals surface area contributed by atoms with Gasteiger partial charge in [0, 0.05) is 0 Å². The summed E-state index contributed by atoms with van der Waals surface area (Å²) in [5.74, 6) is -2.20. The number of carbonyl (C=O) groups excluding carboxylic acids is 2. The molecular weight excluding hydrogens is 428 g/mol. The highest BCUT2D eigenvalue weighted by molar-refractivity contribution is 6.11. The monoisotopic (exact) mass is 450 g/mol. The van der Waals surface area contributed by atoms with Crippen molar-refractivity contribution in [2.75, 3.05) is 5.32 Å². The molecule has 2 amide bonds. The van der Waals surface area contributed by atoms with Gasteiger partial charge in [0.2, 0.25) is 0 Å². The predicted octanol–water partition coefficient (Wildman–Crippen LogP) is 5.11. The molecule has 0 aliphatic carbocycles. The third-order valence-corrected chi connectivity index (χ3v) is 6.14. The Kier molecular flexibility index (Phi) is 5.34. The maximum Gasteiger partial charge on any atom is 0.331 e. The lowest BCUT2D eigenvalue weighted by Gasteiger charge is -2.34. The van der Waals surface area contributed by atoms with Gasteiger partial charge in [-0.2, -0.15) is 0 Å². The summed E-state index contributed by atoms with van der Waals surface area (Å²) < 4.78 is 0. The van der Waals surface area contributed by atoms with E-state index >= 15 is 0 Å². The van der Waals surface area contributed by atoms with Gasteiger partial charge in [-0.1, -0.05) is 78.4 Å². The summed E-state index contributed by atoms with van der Waals surface area (Å²) in [5.41, 5.74) is 2.41. The number of carboxylic acid groups (broad SMARTS) is 1. The minimum atomic E-state index is -1.36. The molecule has 2 unspecified atom stereocenters. The van der Waals surface area contributed by atoms with Crippen LogP contribution in [-0.2, 0) is 9.59 Å². The summed E-state index contributed by atoms with van der Waals surface area (Å²) in [7, 11) is 0. The van der Waals surface area contributed by atoms with E-state index in [-0.39, 0.29) is 5.56 Å². The zero-order valence-electron chi connectivity index (χ0n) is 18.4. The average Bonchev–Trinajstić information content (AvgIpc) is 2.94. The maximum absolute atomic E-state index is 14.0. The summed E-state index contributed by atoms with van der Waals surface area (Å²) in [4.78, 5) is 41.4. The van der Waals surface area contributed by atoms with E-state index in [4.69, 9.17) is 0 Å². The zero-order chi connectivity index (χ0) is 23.8. The molecule has 4 aromatic rings. The van der Waals surface area contributed by atoms with Gasteiger partial charge in [0.1, 0.15) is 6.04 Å². The van der Waals surface area contributed by atoms with Crippen LogP contribution in [0.25, 0.3) is 10.8 Å². The van der Waals surface area contributed by atoms with Gasteiger partial charge >= 0.3 is 5.97 Å². The van der Waals surface area contributed by atoms with E-state index in [2.05, 4.69) is 5.32 Å². The van der Waals surface area contributed by atoms with Crippen LogP contribution in [0, 0.1) is 6.92 Å². The van der Waals surface area contributed by atoms with Crippen molar-refractivity contribution in [1.82, 2.24) is 4.90 Å². The Morgan fingerprint density at radius 3 is 2.32 bits per heavy atom.